The van der Waals surface area contributed by atoms with E-state index in [1.54, 1.807) is 0 Å². The van der Waals surface area contributed by atoms with Gasteiger partial charge in [0, 0.05) is 37.8 Å². The first-order chi connectivity index (χ1) is 14.4. The third kappa shape index (κ3) is 4.69. The summed E-state index contributed by atoms with van der Waals surface area (Å²) in [6.45, 7) is 8.45. The molecule has 1 aliphatic rings. The lowest BCUT2D eigenvalue weighted by Crippen LogP contribution is -2.09. The Morgan fingerprint density at radius 2 is 2.00 bits per heavy atom. The van der Waals surface area contributed by atoms with Gasteiger partial charge in [-0.1, -0.05) is 42.8 Å². The van der Waals surface area contributed by atoms with E-state index in [9.17, 15) is 4.79 Å². The number of Topliss-reactive ketones (excluding diaryl/α,β-unsaturated/α-hetero) is 1. The standard InChI is InChI=1S/C24H30N4O2/c1-15(2)11-21-14-22(27-30-21)24-26-25-23(28(24)19-7-8-19)10-9-20(29)13-18-6-5-16(3)12-17(18)4/h5-6,12,14-15,19H,7-11,13H2,1-4H3. The zero-order valence-electron chi connectivity index (χ0n) is 18.3. The number of aromatic nitrogens is 4. The molecule has 6 heteroatoms. The van der Waals surface area contributed by atoms with Gasteiger partial charge in [-0.15, -0.1) is 10.2 Å². The fraction of sp³-hybridized carbons (Fsp3) is 0.500. The highest BCUT2D eigenvalue weighted by atomic mass is 16.5. The van der Waals surface area contributed by atoms with Gasteiger partial charge in [-0.05, 0) is 43.7 Å². The molecule has 3 aromatic rings. The SMILES string of the molecule is Cc1ccc(CC(=O)CCc2nnc(-c3cc(CC(C)C)on3)n2C2CC2)c(C)c1. The molecule has 0 amide bonds. The van der Waals surface area contributed by atoms with Gasteiger partial charge in [-0.2, -0.15) is 0 Å². The Hall–Kier alpha value is -2.76. The maximum Gasteiger partial charge on any atom is 0.186 e. The van der Waals surface area contributed by atoms with Gasteiger partial charge in [-0.3, -0.25) is 4.79 Å². The predicted octanol–water partition coefficient (Wildman–Crippen LogP) is 4.83. The van der Waals surface area contributed by atoms with Crippen molar-refractivity contribution in [2.24, 2.45) is 5.92 Å². The van der Waals surface area contributed by atoms with Crippen LogP contribution in [-0.4, -0.2) is 25.7 Å². The van der Waals surface area contributed by atoms with Crippen molar-refractivity contribution < 1.29 is 9.32 Å². The Balaban J connectivity index is 1.46. The zero-order valence-corrected chi connectivity index (χ0v) is 18.3. The lowest BCUT2D eigenvalue weighted by molar-refractivity contribution is -0.118. The number of aryl methyl sites for hydroxylation is 3. The maximum atomic E-state index is 12.6. The van der Waals surface area contributed by atoms with Crippen LogP contribution in [-0.2, 0) is 24.1 Å². The van der Waals surface area contributed by atoms with Crippen molar-refractivity contribution >= 4 is 5.78 Å². The zero-order chi connectivity index (χ0) is 21.3. The first-order valence-electron chi connectivity index (χ1n) is 10.9. The second kappa shape index (κ2) is 8.54. The number of benzene rings is 1. The Morgan fingerprint density at radius 3 is 2.70 bits per heavy atom. The van der Waals surface area contributed by atoms with Crippen LogP contribution < -0.4 is 0 Å². The molecule has 0 N–H and O–H groups in total. The molecule has 0 saturated heterocycles. The van der Waals surface area contributed by atoms with Crippen LogP contribution in [0.5, 0.6) is 0 Å². The second-order valence-electron chi connectivity index (χ2n) is 8.96. The van der Waals surface area contributed by atoms with Gasteiger partial charge in [-0.25, -0.2) is 0 Å². The Kier molecular flexibility index (Phi) is 5.84. The summed E-state index contributed by atoms with van der Waals surface area (Å²) in [6.07, 6.45) is 4.62. The highest BCUT2D eigenvalue weighted by Crippen LogP contribution is 2.39. The molecule has 1 aromatic carbocycles. The molecule has 2 aromatic heterocycles. The molecule has 4 rings (SSSR count). The summed E-state index contributed by atoms with van der Waals surface area (Å²) >= 11 is 0. The fourth-order valence-electron chi connectivity index (χ4n) is 3.90. The highest BCUT2D eigenvalue weighted by Gasteiger charge is 2.31. The van der Waals surface area contributed by atoms with Crippen LogP contribution >= 0.6 is 0 Å². The molecule has 30 heavy (non-hydrogen) atoms. The largest absolute Gasteiger partial charge is 0.361 e. The number of carbonyl (C=O) groups is 1. The summed E-state index contributed by atoms with van der Waals surface area (Å²) in [5.41, 5.74) is 4.24. The topological polar surface area (TPSA) is 73.8 Å². The van der Waals surface area contributed by atoms with Gasteiger partial charge >= 0.3 is 0 Å². The van der Waals surface area contributed by atoms with Crippen molar-refractivity contribution in [1.29, 1.82) is 0 Å². The number of hydrogen-bond acceptors (Lipinski definition) is 5. The summed E-state index contributed by atoms with van der Waals surface area (Å²) in [5, 5.41) is 13.0. The fourth-order valence-corrected chi connectivity index (χ4v) is 3.90. The van der Waals surface area contributed by atoms with E-state index in [4.69, 9.17) is 4.52 Å². The van der Waals surface area contributed by atoms with Crippen molar-refractivity contribution in [2.75, 3.05) is 0 Å². The maximum absolute atomic E-state index is 12.6. The molecule has 158 valence electrons. The van der Waals surface area contributed by atoms with Crippen LogP contribution in [0.2, 0.25) is 0 Å². The first kappa shape index (κ1) is 20.5. The average Bonchev–Trinajstić information content (AvgIpc) is 3.27. The van der Waals surface area contributed by atoms with Crippen LogP contribution in [0.4, 0.5) is 0 Å². The molecule has 0 atom stereocenters. The molecule has 6 nitrogen and oxygen atoms in total. The van der Waals surface area contributed by atoms with E-state index in [0.717, 1.165) is 47.9 Å². The monoisotopic (exact) mass is 406 g/mol. The summed E-state index contributed by atoms with van der Waals surface area (Å²) in [4.78, 5) is 12.6. The van der Waals surface area contributed by atoms with Crippen molar-refractivity contribution in [1.82, 2.24) is 19.9 Å². The van der Waals surface area contributed by atoms with E-state index in [1.807, 2.05) is 6.07 Å². The summed E-state index contributed by atoms with van der Waals surface area (Å²) in [7, 11) is 0. The molecule has 1 fully saturated rings. The van der Waals surface area contributed by atoms with Crippen LogP contribution in [0.1, 0.15) is 67.4 Å². The van der Waals surface area contributed by atoms with Crippen LogP contribution in [0.3, 0.4) is 0 Å². The summed E-state index contributed by atoms with van der Waals surface area (Å²) < 4.78 is 7.66. The van der Waals surface area contributed by atoms with Crippen LogP contribution in [0.25, 0.3) is 11.5 Å². The minimum Gasteiger partial charge on any atom is -0.361 e. The van der Waals surface area contributed by atoms with E-state index in [-0.39, 0.29) is 5.78 Å². The van der Waals surface area contributed by atoms with E-state index in [0.29, 0.717) is 31.2 Å². The van der Waals surface area contributed by atoms with E-state index in [2.05, 4.69) is 65.8 Å². The Labute approximate surface area is 177 Å². The van der Waals surface area contributed by atoms with Gasteiger partial charge in [0.1, 0.15) is 17.4 Å². The number of rotatable bonds is 9. The average molecular weight is 407 g/mol. The van der Waals surface area contributed by atoms with Crippen molar-refractivity contribution in [3.63, 3.8) is 0 Å². The molecule has 0 spiro atoms. The minimum atomic E-state index is 0.231. The van der Waals surface area contributed by atoms with Gasteiger partial charge in [0.25, 0.3) is 0 Å². The molecule has 2 heterocycles. The van der Waals surface area contributed by atoms with Gasteiger partial charge in [0.05, 0.1) is 0 Å². The molecule has 0 unspecified atom stereocenters. The predicted molar refractivity (Wildman–Crippen MR) is 115 cm³/mol. The third-order valence-corrected chi connectivity index (χ3v) is 5.59. The quantitative estimate of drug-likeness (QED) is 0.509. The smallest absolute Gasteiger partial charge is 0.186 e. The second-order valence-corrected chi connectivity index (χ2v) is 8.96. The van der Waals surface area contributed by atoms with Crippen molar-refractivity contribution in [2.45, 2.75) is 72.3 Å². The normalized spacial score (nSPS) is 13.9. The Morgan fingerprint density at radius 1 is 1.20 bits per heavy atom. The molecule has 0 aliphatic heterocycles. The number of nitrogens with zero attached hydrogens (tertiary/aromatic N) is 4. The van der Waals surface area contributed by atoms with E-state index in [1.165, 1.54) is 11.1 Å². The van der Waals surface area contributed by atoms with E-state index < -0.39 is 0 Å². The molecule has 1 aliphatic carbocycles. The number of ketones is 1. The van der Waals surface area contributed by atoms with Crippen LogP contribution in [0, 0.1) is 19.8 Å². The Bertz CT molecular complexity index is 1040. The lowest BCUT2D eigenvalue weighted by Gasteiger charge is -2.08. The number of hydrogen-bond donors (Lipinski definition) is 0. The van der Waals surface area contributed by atoms with Gasteiger partial charge in [0.15, 0.2) is 11.5 Å². The first-order valence-corrected chi connectivity index (χ1v) is 10.9. The third-order valence-electron chi connectivity index (χ3n) is 5.59. The van der Waals surface area contributed by atoms with Crippen LogP contribution in [0.15, 0.2) is 28.8 Å². The van der Waals surface area contributed by atoms with Crippen molar-refractivity contribution in [3.8, 4) is 11.5 Å². The van der Waals surface area contributed by atoms with Crippen molar-refractivity contribution in [3.05, 3.63) is 52.5 Å². The number of carbonyl (C=O) groups excluding carboxylic acids is 1. The lowest BCUT2D eigenvalue weighted by atomic mass is 9.99. The molecule has 0 bridgehead atoms. The molecule has 1 saturated carbocycles. The van der Waals surface area contributed by atoms with E-state index >= 15 is 0 Å². The highest BCUT2D eigenvalue weighted by molar-refractivity contribution is 5.81. The molecular weight excluding hydrogens is 376 g/mol. The summed E-state index contributed by atoms with van der Waals surface area (Å²) in [5.74, 6) is 3.24. The van der Waals surface area contributed by atoms with Gasteiger partial charge in [0.2, 0.25) is 0 Å². The minimum absolute atomic E-state index is 0.231. The molecular formula is C24H30N4O2. The molecule has 0 radical (unpaired) electrons. The summed E-state index contributed by atoms with van der Waals surface area (Å²) in [6, 6.07) is 8.64. The van der Waals surface area contributed by atoms with Gasteiger partial charge < -0.3 is 9.09 Å².